The smallest absolute Gasteiger partial charge is 0.343 e. The molecule has 0 spiro atoms. The van der Waals surface area contributed by atoms with E-state index in [9.17, 15) is 19.5 Å². The molecule has 222 valence electrons. The van der Waals surface area contributed by atoms with Crippen molar-refractivity contribution in [3.63, 3.8) is 0 Å². The highest BCUT2D eigenvalue weighted by Gasteiger charge is 2.34. The van der Waals surface area contributed by atoms with E-state index in [1.54, 1.807) is 57.2 Å². The molecule has 0 saturated carbocycles. The minimum absolute atomic E-state index is 0.00530. The van der Waals surface area contributed by atoms with Crippen LogP contribution >= 0.6 is 11.3 Å². The summed E-state index contributed by atoms with van der Waals surface area (Å²) < 4.78 is 28.7. The van der Waals surface area contributed by atoms with Crippen LogP contribution < -0.4 is 29.1 Å². The number of phenolic OH excluding ortho intramolecular Hbond substituents is 1. The normalized spacial score (nSPS) is 14.6. The third-order valence-corrected chi connectivity index (χ3v) is 7.24. The van der Waals surface area contributed by atoms with E-state index in [4.69, 9.17) is 18.9 Å². The minimum atomic E-state index is -0.880. The Morgan fingerprint density at radius 2 is 1.74 bits per heavy atom. The standard InChI is InChI=1S/C30H32N2O9S/c1-6-38-22-13-18(9-11-20(22)33)14-24-28(35)32-27(26(29(36)40-8-3)17(4)31-30(32)42-24)19-10-12-21(23(15-19)39-7-2)41-16-25(34)37-5/h9-15,27,33H,6-8,16H2,1-5H3/b24-14-/t27-/m1/s1. The van der Waals surface area contributed by atoms with Crippen LogP contribution in [-0.4, -0.2) is 55.1 Å². The summed E-state index contributed by atoms with van der Waals surface area (Å²) in [5.41, 5.74) is 1.46. The summed E-state index contributed by atoms with van der Waals surface area (Å²) in [7, 11) is 1.26. The number of hydrogen-bond donors (Lipinski definition) is 1. The Labute approximate surface area is 245 Å². The van der Waals surface area contributed by atoms with Gasteiger partial charge in [-0.05, 0) is 69.2 Å². The van der Waals surface area contributed by atoms with Crippen molar-refractivity contribution in [2.24, 2.45) is 4.99 Å². The van der Waals surface area contributed by atoms with Crippen LogP contribution in [0.1, 0.15) is 44.9 Å². The fourth-order valence-electron chi connectivity index (χ4n) is 4.43. The van der Waals surface area contributed by atoms with Crippen LogP contribution in [0.3, 0.4) is 0 Å². The first-order valence-electron chi connectivity index (χ1n) is 13.3. The quantitative estimate of drug-likeness (QED) is 0.332. The van der Waals surface area contributed by atoms with Crippen LogP contribution in [0.15, 0.2) is 57.5 Å². The van der Waals surface area contributed by atoms with Gasteiger partial charge in [0.2, 0.25) is 0 Å². The second kappa shape index (κ2) is 13.4. The van der Waals surface area contributed by atoms with E-state index in [1.807, 2.05) is 6.92 Å². The number of allylic oxidation sites excluding steroid dienone is 1. The first-order valence-corrected chi connectivity index (χ1v) is 14.2. The first kappa shape index (κ1) is 30.4. The Bertz CT molecular complexity index is 1700. The molecule has 1 aliphatic rings. The number of phenols is 1. The van der Waals surface area contributed by atoms with Gasteiger partial charge in [0, 0.05) is 0 Å². The summed E-state index contributed by atoms with van der Waals surface area (Å²) in [5.74, 6) is -0.231. The Morgan fingerprint density at radius 3 is 2.43 bits per heavy atom. The molecule has 12 heteroatoms. The predicted octanol–water partition coefficient (Wildman–Crippen LogP) is 2.85. The molecule has 0 unspecified atom stereocenters. The van der Waals surface area contributed by atoms with Crippen LogP contribution in [-0.2, 0) is 19.1 Å². The summed E-state index contributed by atoms with van der Waals surface area (Å²) in [6.45, 7) is 7.49. The van der Waals surface area contributed by atoms with Crippen LogP contribution in [0.25, 0.3) is 6.08 Å². The number of rotatable bonds is 11. The number of esters is 2. The molecule has 0 saturated heterocycles. The largest absolute Gasteiger partial charge is 0.504 e. The van der Waals surface area contributed by atoms with Gasteiger partial charge in [-0.1, -0.05) is 23.5 Å². The lowest BCUT2D eigenvalue weighted by Gasteiger charge is -2.25. The third kappa shape index (κ3) is 6.33. The van der Waals surface area contributed by atoms with Gasteiger partial charge in [0.1, 0.15) is 0 Å². The van der Waals surface area contributed by atoms with Crippen LogP contribution in [0.5, 0.6) is 23.0 Å². The fraction of sp³-hybridized carbons (Fsp3) is 0.333. The zero-order valence-electron chi connectivity index (χ0n) is 24.0. The SMILES string of the molecule is CCOC(=O)C1=C(C)N=c2s/c(=C\c3ccc(O)c(OCC)c3)c(=O)n2[C@@H]1c1ccc(OCC(=O)OC)c(OCC)c1. The van der Waals surface area contributed by atoms with Gasteiger partial charge in [-0.25, -0.2) is 14.6 Å². The predicted molar refractivity (Wildman–Crippen MR) is 155 cm³/mol. The van der Waals surface area contributed by atoms with E-state index >= 15 is 0 Å². The number of nitrogens with zero attached hydrogens (tertiary/aromatic N) is 2. The van der Waals surface area contributed by atoms with Crippen LogP contribution in [0, 0.1) is 0 Å². The second-order valence-electron chi connectivity index (χ2n) is 8.97. The highest BCUT2D eigenvalue weighted by molar-refractivity contribution is 7.07. The number of aromatic nitrogens is 1. The van der Waals surface area contributed by atoms with Crippen molar-refractivity contribution in [3.8, 4) is 23.0 Å². The molecule has 0 radical (unpaired) electrons. The van der Waals surface area contributed by atoms with Gasteiger partial charge >= 0.3 is 11.9 Å². The fourth-order valence-corrected chi connectivity index (χ4v) is 5.47. The highest BCUT2D eigenvalue weighted by atomic mass is 32.1. The highest BCUT2D eigenvalue weighted by Crippen LogP contribution is 2.36. The van der Waals surface area contributed by atoms with Crippen LogP contribution in [0.4, 0.5) is 0 Å². The van der Waals surface area contributed by atoms with E-state index in [1.165, 1.54) is 29.1 Å². The summed E-state index contributed by atoms with van der Waals surface area (Å²) in [6.07, 6.45) is 1.68. The maximum absolute atomic E-state index is 13.9. The Morgan fingerprint density at radius 1 is 1.00 bits per heavy atom. The molecular weight excluding hydrogens is 564 g/mol. The van der Waals surface area contributed by atoms with Crippen molar-refractivity contribution in [2.75, 3.05) is 33.5 Å². The average Bonchev–Trinajstić information content (AvgIpc) is 3.27. The topological polar surface area (TPSA) is 135 Å². The molecule has 4 rings (SSSR count). The molecule has 1 atom stereocenters. The number of ether oxygens (including phenoxy) is 5. The van der Waals surface area contributed by atoms with Crippen molar-refractivity contribution in [1.82, 2.24) is 4.57 Å². The number of carbonyl (C=O) groups excluding carboxylic acids is 2. The van der Waals surface area contributed by atoms with E-state index in [2.05, 4.69) is 9.73 Å². The number of methoxy groups -OCH3 is 1. The maximum Gasteiger partial charge on any atom is 0.343 e. The lowest BCUT2D eigenvalue weighted by Crippen LogP contribution is -2.40. The molecule has 0 aliphatic carbocycles. The van der Waals surface area contributed by atoms with Crippen molar-refractivity contribution in [2.45, 2.75) is 33.7 Å². The number of carbonyl (C=O) groups is 2. The molecule has 0 amide bonds. The monoisotopic (exact) mass is 596 g/mol. The zero-order valence-corrected chi connectivity index (χ0v) is 24.8. The molecule has 0 bridgehead atoms. The van der Waals surface area contributed by atoms with Crippen molar-refractivity contribution in [3.05, 3.63) is 78.5 Å². The van der Waals surface area contributed by atoms with Gasteiger partial charge in [-0.15, -0.1) is 0 Å². The van der Waals surface area contributed by atoms with Crippen LogP contribution in [0.2, 0.25) is 0 Å². The maximum atomic E-state index is 13.9. The lowest BCUT2D eigenvalue weighted by atomic mass is 9.95. The molecule has 1 N–H and O–H groups in total. The number of thiazole rings is 1. The summed E-state index contributed by atoms with van der Waals surface area (Å²) >= 11 is 1.17. The van der Waals surface area contributed by atoms with E-state index in [0.717, 1.165) is 0 Å². The Kier molecular flexibility index (Phi) is 9.68. The van der Waals surface area contributed by atoms with E-state index in [-0.39, 0.29) is 30.1 Å². The number of benzene rings is 2. The molecule has 11 nitrogen and oxygen atoms in total. The average molecular weight is 597 g/mol. The molecule has 0 fully saturated rings. The minimum Gasteiger partial charge on any atom is -0.504 e. The first-order chi connectivity index (χ1) is 20.2. The summed E-state index contributed by atoms with van der Waals surface area (Å²) in [6, 6.07) is 8.92. The molecule has 2 aromatic carbocycles. The lowest BCUT2D eigenvalue weighted by molar-refractivity contribution is -0.143. The molecule has 42 heavy (non-hydrogen) atoms. The molecule has 1 aromatic heterocycles. The third-order valence-electron chi connectivity index (χ3n) is 6.26. The number of fused-ring (bicyclic) bond motifs is 1. The van der Waals surface area contributed by atoms with Gasteiger partial charge < -0.3 is 28.8 Å². The second-order valence-corrected chi connectivity index (χ2v) is 9.98. The number of hydrogen-bond acceptors (Lipinski definition) is 11. The zero-order chi connectivity index (χ0) is 30.4. The molecule has 1 aliphatic heterocycles. The van der Waals surface area contributed by atoms with Gasteiger partial charge in [-0.2, -0.15) is 0 Å². The van der Waals surface area contributed by atoms with Gasteiger partial charge in [-0.3, -0.25) is 9.36 Å². The van der Waals surface area contributed by atoms with Crippen molar-refractivity contribution >= 4 is 29.4 Å². The molecular formula is C30H32N2O9S. The van der Waals surface area contributed by atoms with Crippen molar-refractivity contribution < 1.29 is 38.4 Å². The molecule has 3 aromatic rings. The van der Waals surface area contributed by atoms with Crippen molar-refractivity contribution in [1.29, 1.82) is 0 Å². The van der Waals surface area contributed by atoms with Gasteiger partial charge in [0.05, 0.1) is 48.8 Å². The van der Waals surface area contributed by atoms with Gasteiger partial charge in [0.25, 0.3) is 5.56 Å². The Hall–Kier alpha value is -4.58. The number of aromatic hydroxyl groups is 1. The van der Waals surface area contributed by atoms with E-state index < -0.39 is 18.0 Å². The summed E-state index contributed by atoms with van der Waals surface area (Å²) in [4.78, 5) is 43.8. The Balaban J connectivity index is 1.89. The van der Waals surface area contributed by atoms with E-state index in [0.29, 0.717) is 56.6 Å². The summed E-state index contributed by atoms with van der Waals surface area (Å²) in [5, 5.41) is 10.1. The van der Waals surface area contributed by atoms with Gasteiger partial charge in [0.15, 0.2) is 34.4 Å². The molecule has 2 heterocycles.